The summed E-state index contributed by atoms with van der Waals surface area (Å²) in [6.07, 6.45) is 7.59. The summed E-state index contributed by atoms with van der Waals surface area (Å²) in [7, 11) is 0. The van der Waals surface area contributed by atoms with E-state index in [4.69, 9.17) is 27.4 Å². The molecule has 0 unspecified atom stereocenters. The normalized spacial score (nSPS) is 13.8. The maximum Gasteiger partial charge on any atom is 0.259 e. The van der Waals surface area contributed by atoms with Gasteiger partial charge in [-0.05, 0) is 83.8 Å². The molecule has 3 heterocycles. The number of aromatic nitrogens is 1. The predicted octanol–water partition coefficient (Wildman–Crippen LogP) is 9.20. The Morgan fingerprint density at radius 2 is 1.52 bits per heavy atom. The van der Waals surface area contributed by atoms with Crippen molar-refractivity contribution in [3.63, 3.8) is 0 Å². The van der Waals surface area contributed by atoms with Crippen LogP contribution in [0.3, 0.4) is 0 Å². The van der Waals surface area contributed by atoms with Gasteiger partial charge in [0.1, 0.15) is 22.7 Å². The fourth-order valence-corrected chi connectivity index (χ4v) is 8.82. The van der Waals surface area contributed by atoms with Crippen molar-refractivity contribution in [2.75, 3.05) is 35.2 Å². The molecule has 308 valence electrons. The van der Waals surface area contributed by atoms with Gasteiger partial charge in [-0.3, -0.25) is 40.4 Å². The highest BCUT2D eigenvalue weighted by Crippen LogP contribution is 2.40. The Morgan fingerprint density at radius 1 is 0.828 bits per heavy atom. The zero-order valence-electron chi connectivity index (χ0n) is 33.9. The monoisotopic (exact) mass is 843 g/mol. The van der Waals surface area contributed by atoms with E-state index in [-0.39, 0.29) is 35.8 Å². The fourth-order valence-electron chi connectivity index (χ4n) is 6.66. The van der Waals surface area contributed by atoms with Crippen molar-refractivity contribution in [3.05, 3.63) is 91.3 Å². The van der Waals surface area contributed by atoms with Gasteiger partial charge in [-0.15, -0.1) is 22.7 Å². The Balaban J connectivity index is 0.955. The molecule has 15 heteroatoms. The van der Waals surface area contributed by atoms with Crippen molar-refractivity contribution in [1.29, 1.82) is 10.8 Å². The van der Waals surface area contributed by atoms with Gasteiger partial charge in [0.25, 0.3) is 5.91 Å². The van der Waals surface area contributed by atoms with E-state index < -0.39 is 6.04 Å². The molecule has 58 heavy (non-hydrogen) atoms. The number of hydrogen-bond acceptors (Lipinski definition) is 10. The molecule has 2 aromatic heterocycles. The van der Waals surface area contributed by atoms with Gasteiger partial charge >= 0.3 is 0 Å². The zero-order valence-corrected chi connectivity index (χ0v) is 36.3. The third kappa shape index (κ3) is 11.9. The average molecular weight is 845 g/mol. The standard InChI is InChI=1S/C43H54ClN9O3S2/c1-26-28(3)57-42-38(26)39(31-18-20-32(44)21-19-31)51-35(40(46)53(42)30(5)45)25-37(55)48-24-23-47-22-14-10-8-6-7-9-11-17-36(54)50-34-16-13-12-15-33(34)41(56)52-43-49-27(2)29(4)58-43/h12-13,15-16,18-21,35,45-47H,6-11,14,17,22-25H2,1-5H3,(H,48,55)(H,50,54)(H,49,52,56)/t35-/m0/s1. The molecule has 12 nitrogen and oxygen atoms in total. The first-order valence-electron chi connectivity index (χ1n) is 19.8. The summed E-state index contributed by atoms with van der Waals surface area (Å²) in [6, 6.07) is 13.7. The number of para-hydroxylation sites is 1. The van der Waals surface area contributed by atoms with Gasteiger partial charge in [0.2, 0.25) is 11.8 Å². The zero-order chi connectivity index (χ0) is 41.8. The lowest BCUT2D eigenvalue weighted by atomic mass is 9.99. The van der Waals surface area contributed by atoms with Crippen LogP contribution in [0.4, 0.5) is 15.8 Å². The predicted molar refractivity (Wildman–Crippen MR) is 240 cm³/mol. The van der Waals surface area contributed by atoms with Crippen LogP contribution in [0.5, 0.6) is 0 Å². The van der Waals surface area contributed by atoms with Gasteiger partial charge in [0, 0.05) is 45.4 Å². The van der Waals surface area contributed by atoms with Crippen molar-refractivity contribution < 1.29 is 14.4 Å². The number of thiazole rings is 1. The number of anilines is 3. The molecule has 0 saturated carbocycles. The molecule has 6 N–H and O–H groups in total. The summed E-state index contributed by atoms with van der Waals surface area (Å²) in [6.45, 7) is 11.5. The Hall–Kier alpha value is -4.76. The van der Waals surface area contributed by atoms with Gasteiger partial charge in [0.15, 0.2) is 5.13 Å². The molecule has 4 aromatic rings. The molecule has 0 saturated heterocycles. The number of aryl methyl sites for hydroxylation is 3. The quantitative estimate of drug-likeness (QED) is 0.0312. The van der Waals surface area contributed by atoms with Crippen LogP contribution >= 0.6 is 34.3 Å². The number of thiophene rings is 1. The van der Waals surface area contributed by atoms with E-state index in [9.17, 15) is 14.4 Å². The minimum Gasteiger partial charge on any atom is -0.355 e. The molecule has 0 fully saturated rings. The highest BCUT2D eigenvalue weighted by molar-refractivity contribution is 7.17. The Labute approximate surface area is 354 Å². The minimum atomic E-state index is -0.763. The Kier molecular flexibility index (Phi) is 16.3. The van der Waals surface area contributed by atoms with Gasteiger partial charge in [-0.2, -0.15) is 0 Å². The maximum absolute atomic E-state index is 13.1. The van der Waals surface area contributed by atoms with Gasteiger partial charge in [-0.25, -0.2) is 4.98 Å². The number of carbonyl (C=O) groups excluding carboxylic acids is 3. The van der Waals surface area contributed by atoms with E-state index in [0.29, 0.717) is 46.6 Å². The summed E-state index contributed by atoms with van der Waals surface area (Å²) in [5.74, 6) is -0.286. The number of amidine groups is 2. The highest BCUT2D eigenvalue weighted by atomic mass is 35.5. The van der Waals surface area contributed by atoms with E-state index in [2.05, 4.69) is 26.3 Å². The molecule has 0 spiro atoms. The van der Waals surface area contributed by atoms with E-state index in [1.165, 1.54) is 22.7 Å². The minimum absolute atomic E-state index is 0.00199. The van der Waals surface area contributed by atoms with Crippen molar-refractivity contribution >= 4 is 85.2 Å². The lowest BCUT2D eigenvalue weighted by Gasteiger charge is -2.24. The van der Waals surface area contributed by atoms with Crippen LogP contribution in [0.25, 0.3) is 0 Å². The summed E-state index contributed by atoms with van der Waals surface area (Å²) in [4.78, 5) is 51.8. The number of nitrogens with one attached hydrogen (secondary N) is 6. The number of rotatable bonds is 19. The molecular formula is C43H54ClN9O3S2. The number of aliphatic imine (C=N–C) groups is 1. The number of unbranched alkanes of at least 4 members (excludes halogenated alkanes) is 6. The van der Waals surface area contributed by atoms with Crippen LogP contribution in [-0.4, -0.2) is 65.8 Å². The summed E-state index contributed by atoms with van der Waals surface area (Å²) >= 11 is 9.15. The number of benzene rings is 2. The summed E-state index contributed by atoms with van der Waals surface area (Å²) < 4.78 is 0. The lowest BCUT2D eigenvalue weighted by Crippen LogP contribution is -2.42. The molecule has 1 atom stereocenters. The SMILES string of the molecule is CC(=N)N1C(=N)[C@H](CC(=O)NCCNCCCCCCCCCC(=O)Nc2ccccc2C(=O)Nc2nc(C)c(C)s2)N=C(c2ccc(Cl)cc2)c2c1sc(C)c2C. The second-order valence-electron chi connectivity index (χ2n) is 14.5. The lowest BCUT2D eigenvalue weighted by molar-refractivity contribution is -0.121. The van der Waals surface area contributed by atoms with Gasteiger partial charge < -0.3 is 16.0 Å². The number of amides is 3. The highest BCUT2D eigenvalue weighted by Gasteiger charge is 2.34. The van der Waals surface area contributed by atoms with Crippen LogP contribution in [0.15, 0.2) is 53.5 Å². The van der Waals surface area contributed by atoms with E-state index >= 15 is 0 Å². The molecule has 2 aromatic carbocycles. The number of hydrogen-bond donors (Lipinski definition) is 6. The molecule has 1 aliphatic rings. The molecule has 1 aliphatic heterocycles. The average Bonchev–Trinajstić information content (AvgIpc) is 3.61. The molecule has 0 aliphatic carbocycles. The van der Waals surface area contributed by atoms with Crippen molar-refractivity contribution in [2.45, 2.75) is 98.4 Å². The Bertz CT molecular complexity index is 2120. The second kappa shape index (κ2) is 21.3. The third-order valence-corrected chi connectivity index (χ3v) is 12.5. The van der Waals surface area contributed by atoms with Crippen LogP contribution in [-0.2, 0) is 9.59 Å². The molecule has 3 amide bonds. The second-order valence-corrected chi connectivity index (χ2v) is 17.4. The fraction of sp³-hybridized carbons (Fsp3) is 0.419. The van der Waals surface area contributed by atoms with E-state index in [1.807, 2.05) is 52.0 Å². The van der Waals surface area contributed by atoms with Crippen molar-refractivity contribution in [3.8, 4) is 0 Å². The van der Waals surface area contributed by atoms with Crippen LogP contribution < -0.4 is 26.2 Å². The van der Waals surface area contributed by atoms with Crippen LogP contribution in [0.2, 0.25) is 5.02 Å². The first-order valence-corrected chi connectivity index (χ1v) is 21.8. The van der Waals surface area contributed by atoms with Gasteiger partial charge in [-0.1, -0.05) is 68.0 Å². The maximum atomic E-state index is 13.1. The molecule has 0 radical (unpaired) electrons. The number of fused-ring (bicyclic) bond motifs is 1. The van der Waals surface area contributed by atoms with Crippen molar-refractivity contribution in [2.24, 2.45) is 4.99 Å². The topological polar surface area (TPSA) is 176 Å². The summed E-state index contributed by atoms with van der Waals surface area (Å²) in [5, 5.41) is 31.7. The van der Waals surface area contributed by atoms with E-state index in [0.717, 1.165) is 88.6 Å². The molecular weight excluding hydrogens is 790 g/mol. The third-order valence-electron chi connectivity index (χ3n) is 10.1. The van der Waals surface area contributed by atoms with Gasteiger partial charge in [0.05, 0.1) is 29.1 Å². The number of halogens is 1. The number of nitrogens with zero attached hydrogens (tertiary/aromatic N) is 3. The first-order chi connectivity index (χ1) is 27.8. The summed E-state index contributed by atoms with van der Waals surface area (Å²) in [5.41, 5.74) is 5.26. The first kappa shape index (κ1) is 44.3. The number of carbonyl (C=O) groups is 3. The largest absolute Gasteiger partial charge is 0.355 e. The van der Waals surface area contributed by atoms with Crippen molar-refractivity contribution in [1.82, 2.24) is 15.6 Å². The van der Waals surface area contributed by atoms with Crippen LogP contribution in [0, 0.1) is 38.5 Å². The Morgan fingerprint density at radius 3 is 2.21 bits per heavy atom. The molecule has 0 bridgehead atoms. The molecule has 5 rings (SSSR count). The van der Waals surface area contributed by atoms with Crippen LogP contribution in [0.1, 0.15) is 107 Å². The van der Waals surface area contributed by atoms with E-state index in [1.54, 1.807) is 36.1 Å². The smallest absolute Gasteiger partial charge is 0.259 e.